The van der Waals surface area contributed by atoms with Gasteiger partial charge in [-0.05, 0) is 38.1 Å². The molecule has 0 bridgehead atoms. The fraction of sp³-hybridized carbons (Fsp3) is 0.308. The summed E-state index contributed by atoms with van der Waals surface area (Å²) >= 11 is 0. The molecule has 4 N–H and O–H groups in total. The molecule has 1 aromatic heterocycles. The van der Waals surface area contributed by atoms with Gasteiger partial charge in [-0.3, -0.25) is 4.98 Å². The van der Waals surface area contributed by atoms with E-state index >= 15 is 0 Å². The number of nitrogen functional groups attached to an aromatic ring is 1. The number of nitrogens with two attached hydrogens (primary N) is 1. The molecule has 1 aromatic carbocycles. The van der Waals surface area contributed by atoms with E-state index in [9.17, 15) is 5.11 Å². The molecular weight excluding hydrogens is 214 g/mol. The minimum atomic E-state index is -0.747. The van der Waals surface area contributed by atoms with Crippen LogP contribution in [0.1, 0.15) is 13.8 Å². The minimum Gasteiger partial charge on any atom is -0.399 e. The van der Waals surface area contributed by atoms with Crippen LogP contribution in [0.3, 0.4) is 0 Å². The van der Waals surface area contributed by atoms with Crippen molar-refractivity contribution in [3.05, 3.63) is 30.5 Å². The fourth-order valence-corrected chi connectivity index (χ4v) is 1.63. The third-order valence-electron chi connectivity index (χ3n) is 2.48. The van der Waals surface area contributed by atoms with Gasteiger partial charge in [-0.15, -0.1) is 0 Å². The molecule has 2 aromatic rings. The summed E-state index contributed by atoms with van der Waals surface area (Å²) in [5, 5.41) is 13.9. The van der Waals surface area contributed by atoms with Crippen molar-refractivity contribution < 1.29 is 5.11 Å². The highest BCUT2D eigenvalue weighted by atomic mass is 16.3. The summed E-state index contributed by atoms with van der Waals surface area (Å²) in [4.78, 5) is 4.26. The van der Waals surface area contributed by atoms with Gasteiger partial charge in [0.2, 0.25) is 0 Å². The number of aromatic nitrogens is 1. The van der Waals surface area contributed by atoms with Crippen molar-refractivity contribution in [2.24, 2.45) is 0 Å². The van der Waals surface area contributed by atoms with Gasteiger partial charge in [0.1, 0.15) is 0 Å². The predicted molar refractivity (Wildman–Crippen MR) is 70.9 cm³/mol. The summed E-state index contributed by atoms with van der Waals surface area (Å²) in [5.74, 6) is 0. The number of rotatable bonds is 3. The first-order valence-corrected chi connectivity index (χ1v) is 5.56. The quantitative estimate of drug-likeness (QED) is 0.706. The van der Waals surface area contributed by atoms with Crippen LogP contribution in [0.5, 0.6) is 0 Å². The first-order chi connectivity index (χ1) is 7.96. The monoisotopic (exact) mass is 231 g/mol. The number of benzene rings is 1. The van der Waals surface area contributed by atoms with Crippen LogP contribution in [0.4, 0.5) is 11.4 Å². The highest BCUT2D eigenvalue weighted by molar-refractivity contribution is 5.92. The van der Waals surface area contributed by atoms with E-state index in [1.54, 1.807) is 20.0 Å². The zero-order valence-corrected chi connectivity index (χ0v) is 10.1. The number of fused-ring (bicyclic) bond motifs is 1. The smallest absolute Gasteiger partial charge is 0.0763 e. The maximum atomic E-state index is 9.70. The summed E-state index contributed by atoms with van der Waals surface area (Å²) in [6.45, 7) is 4.01. The average molecular weight is 231 g/mol. The molecule has 17 heavy (non-hydrogen) atoms. The van der Waals surface area contributed by atoms with Gasteiger partial charge >= 0.3 is 0 Å². The van der Waals surface area contributed by atoms with Crippen LogP contribution in [0.15, 0.2) is 30.5 Å². The summed E-state index contributed by atoms with van der Waals surface area (Å²) in [6.07, 6.45) is 1.73. The van der Waals surface area contributed by atoms with Gasteiger partial charge in [-0.25, -0.2) is 0 Å². The first kappa shape index (κ1) is 11.7. The molecule has 4 heteroatoms. The van der Waals surface area contributed by atoms with E-state index in [0.717, 1.165) is 16.6 Å². The molecule has 0 aliphatic heterocycles. The van der Waals surface area contributed by atoms with Crippen LogP contribution in [0.2, 0.25) is 0 Å². The van der Waals surface area contributed by atoms with E-state index in [1.165, 1.54) is 0 Å². The molecule has 0 atom stereocenters. The molecule has 4 nitrogen and oxygen atoms in total. The van der Waals surface area contributed by atoms with Crippen LogP contribution in [-0.2, 0) is 0 Å². The average Bonchev–Trinajstić information content (AvgIpc) is 2.24. The maximum Gasteiger partial charge on any atom is 0.0763 e. The molecule has 0 aliphatic rings. The van der Waals surface area contributed by atoms with Crippen molar-refractivity contribution in [1.82, 2.24) is 4.98 Å². The van der Waals surface area contributed by atoms with Gasteiger partial charge in [0, 0.05) is 29.5 Å². The van der Waals surface area contributed by atoms with E-state index in [0.29, 0.717) is 12.2 Å². The zero-order chi connectivity index (χ0) is 12.5. The third kappa shape index (κ3) is 2.85. The van der Waals surface area contributed by atoms with E-state index in [1.807, 2.05) is 24.3 Å². The molecular formula is C13H17N3O. The molecule has 0 radical (unpaired) electrons. The number of anilines is 2. The Morgan fingerprint density at radius 1 is 1.35 bits per heavy atom. The number of aliphatic hydroxyl groups is 1. The zero-order valence-electron chi connectivity index (χ0n) is 10.1. The van der Waals surface area contributed by atoms with Crippen molar-refractivity contribution >= 4 is 22.3 Å². The van der Waals surface area contributed by atoms with E-state index in [4.69, 9.17) is 5.73 Å². The first-order valence-electron chi connectivity index (χ1n) is 5.56. The van der Waals surface area contributed by atoms with Gasteiger partial charge < -0.3 is 16.2 Å². The third-order valence-corrected chi connectivity index (χ3v) is 2.48. The summed E-state index contributed by atoms with van der Waals surface area (Å²) in [6, 6.07) is 7.51. The Bertz CT molecular complexity index is 532. The lowest BCUT2D eigenvalue weighted by Gasteiger charge is -2.19. The number of hydrogen-bond acceptors (Lipinski definition) is 4. The Morgan fingerprint density at radius 3 is 2.82 bits per heavy atom. The van der Waals surface area contributed by atoms with Crippen LogP contribution in [0.25, 0.3) is 10.9 Å². The second-order valence-corrected chi connectivity index (χ2v) is 4.80. The number of pyridine rings is 1. The molecule has 0 spiro atoms. The van der Waals surface area contributed by atoms with Crippen LogP contribution < -0.4 is 11.1 Å². The Kier molecular flexibility index (Phi) is 2.90. The van der Waals surface area contributed by atoms with Gasteiger partial charge in [-0.2, -0.15) is 0 Å². The predicted octanol–water partition coefficient (Wildman–Crippen LogP) is 2.00. The Labute approximate surface area is 100 Å². The van der Waals surface area contributed by atoms with Crippen molar-refractivity contribution in [2.45, 2.75) is 19.4 Å². The maximum absolute atomic E-state index is 9.70. The van der Waals surface area contributed by atoms with Crippen LogP contribution in [-0.4, -0.2) is 22.2 Å². The molecule has 2 rings (SSSR count). The van der Waals surface area contributed by atoms with E-state index in [2.05, 4.69) is 10.3 Å². The summed E-state index contributed by atoms with van der Waals surface area (Å²) in [7, 11) is 0. The lowest BCUT2D eigenvalue weighted by atomic mass is 10.1. The molecule has 0 aliphatic carbocycles. The lowest BCUT2D eigenvalue weighted by Crippen LogP contribution is -2.29. The van der Waals surface area contributed by atoms with Gasteiger partial charge in [0.05, 0.1) is 11.1 Å². The largest absolute Gasteiger partial charge is 0.399 e. The van der Waals surface area contributed by atoms with Crippen molar-refractivity contribution in [3.8, 4) is 0 Å². The molecule has 0 fully saturated rings. The SMILES string of the molecule is CC(C)(O)CNc1ccnc2cc(N)ccc12. The molecule has 0 amide bonds. The number of nitrogens with one attached hydrogen (secondary N) is 1. The van der Waals surface area contributed by atoms with E-state index < -0.39 is 5.60 Å². The van der Waals surface area contributed by atoms with Crippen LogP contribution in [0, 0.1) is 0 Å². The van der Waals surface area contributed by atoms with Crippen LogP contribution >= 0.6 is 0 Å². The minimum absolute atomic E-state index is 0.483. The van der Waals surface area contributed by atoms with Crippen molar-refractivity contribution in [3.63, 3.8) is 0 Å². The summed E-state index contributed by atoms with van der Waals surface area (Å²) in [5.41, 5.74) is 7.48. The molecule has 90 valence electrons. The highest BCUT2D eigenvalue weighted by Crippen LogP contribution is 2.23. The van der Waals surface area contributed by atoms with Crippen molar-refractivity contribution in [2.75, 3.05) is 17.6 Å². The lowest BCUT2D eigenvalue weighted by molar-refractivity contribution is 0.0945. The van der Waals surface area contributed by atoms with E-state index in [-0.39, 0.29) is 0 Å². The molecule has 0 saturated carbocycles. The van der Waals surface area contributed by atoms with Gasteiger partial charge in [-0.1, -0.05) is 0 Å². The molecule has 0 saturated heterocycles. The van der Waals surface area contributed by atoms with Gasteiger partial charge in [0.25, 0.3) is 0 Å². The Balaban J connectivity index is 2.34. The molecule has 0 unspecified atom stereocenters. The second-order valence-electron chi connectivity index (χ2n) is 4.80. The van der Waals surface area contributed by atoms with Gasteiger partial charge in [0.15, 0.2) is 0 Å². The topological polar surface area (TPSA) is 71.2 Å². The Morgan fingerprint density at radius 2 is 2.12 bits per heavy atom. The number of nitrogens with zero attached hydrogens (tertiary/aromatic N) is 1. The fourth-order valence-electron chi connectivity index (χ4n) is 1.63. The van der Waals surface area contributed by atoms with Crippen molar-refractivity contribution in [1.29, 1.82) is 0 Å². The Hall–Kier alpha value is -1.81. The normalized spacial score (nSPS) is 11.7. The number of hydrogen-bond donors (Lipinski definition) is 3. The molecule has 1 heterocycles. The highest BCUT2D eigenvalue weighted by Gasteiger charge is 2.12. The summed E-state index contributed by atoms with van der Waals surface area (Å²) < 4.78 is 0. The second kappa shape index (κ2) is 4.22. The standard InChI is InChI=1S/C13H17N3O/c1-13(2,17)8-16-11-5-6-15-12-7-9(14)3-4-10(11)12/h3-7,17H,8,14H2,1-2H3,(H,15,16).